The number of H-pyrrole nitrogens is 3. The van der Waals surface area contributed by atoms with Gasteiger partial charge in [-0.2, -0.15) is 10.2 Å². The summed E-state index contributed by atoms with van der Waals surface area (Å²) in [7, 11) is 1.61. The predicted molar refractivity (Wildman–Crippen MR) is 139 cm³/mol. The molecule has 3 aromatic rings. The van der Waals surface area contributed by atoms with Crippen LogP contribution in [0.1, 0.15) is 93.6 Å². The number of nitrogens with one attached hydrogen (secondary N) is 3. The lowest BCUT2D eigenvalue weighted by Crippen LogP contribution is -1.83. The predicted octanol–water partition coefficient (Wildman–Crippen LogP) is 7.04. The van der Waals surface area contributed by atoms with E-state index < -0.39 is 0 Å². The lowest BCUT2D eigenvalue weighted by Gasteiger charge is -1.91. The van der Waals surface area contributed by atoms with E-state index in [4.69, 9.17) is 4.74 Å². The van der Waals surface area contributed by atoms with Crippen molar-refractivity contribution in [1.82, 2.24) is 30.6 Å². The Kier molecular flexibility index (Phi) is 21.6. The van der Waals surface area contributed by atoms with Crippen LogP contribution in [0.3, 0.4) is 0 Å². The molecule has 0 aliphatic rings. The van der Waals surface area contributed by atoms with E-state index in [-0.39, 0.29) is 0 Å². The Labute approximate surface area is 197 Å². The Morgan fingerprint density at radius 2 is 1.00 bits per heavy atom. The number of aromatic amines is 3. The van der Waals surface area contributed by atoms with Crippen molar-refractivity contribution in [3.8, 4) is 5.88 Å². The van der Waals surface area contributed by atoms with E-state index in [2.05, 4.69) is 51.4 Å². The molecular weight excluding hydrogens is 400 g/mol. The van der Waals surface area contributed by atoms with E-state index in [1.807, 2.05) is 76.2 Å². The molecular formula is C25H50N6O. The minimum absolute atomic E-state index is 0.688. The molecule has 0 fully saturated rings. The Morgan fingerprint density at radius 1 is 0.594 bits per heavy atom. The van der Waals surface area contributed by atoms with Crippen molar-refractivity contribution in [2.24, 2.45) is 0 Å². The molecule has 0 radical (unpaired) electrons. The van der Waals surface area contributed by atoms with Crippen LogP contribution in [0.4, 0.5) is 0 Å². The topological polar surface area (TPSA) is 95.3 Å². The lowest BCUT2D eigenvalue weighted by atomic mass is 10.2. The first-order valence-corrected chi connectivity index (χ1v) is 11.8. The highest BCUT2D eigenvalue weighted by atomic mass is 16.5. The van der Waals surface area contributed by atoms with Gasteiger partial charge in [-0.1, -0.05) is 48.5 Å². The second kappa shape index (κ2) is 20.3. The summed E-state index contributed by atoms with van der Waals surface area (Å²) < 4.78 is 4.92. The van der Waals surface area contributed by atoms with Gasteiger partial charge in [0.1, 0.15) is 0 Å². The van der Waals surface area contributed by atoms with Crippen LogP contribution in [-0.2, 0) is 6.42 Å². The summed E-state index contributed by atoms with van der Waals surface area (Å²) in [5.41, 5.74) is 9.36. The lowest BCUT2D eigenvalue weighted by molar-refractivity contribution is 0.394. The molecule has 0 aliphatic carbocycles. The first-order valence-electron chi connectivity index (χ1n) is 11.8. The number of aromatic nitrogens is 6. The van der Waals surface area contributed by atoms with E-state index in [0.717, 1.165) is 23.4 Å². The van der Waals surface area contributed by atoms with Gasteiger partial charge in [0.15, 0.2) is 0 Å². The zero-order chi connectivity index (χ0) is 25.9. The molecule has 0 unspecified atom stereocenters. The molecule has 0 saturated carbocycles. The van der Waals surface area contributed by atoms with Crippen molar-refractivity contribution in [2.75, 3.05) is 7.11 Å². The van der Waals surface area contributed by atoms with Crippen LogP contribution in [0.15, 0.2) is 0 Å². The smallest absolute Gasteiger partial charge is 0.235 e. The summed E-state index contributed by atoms with van der Waals surface area (Å²) in [4.78, 5) is 0. The average Bonchev–Trinajstić information content (AvgIpc) is 3.45. The molecule has 0 bridgehead atoms. The highest BCUT2D eigenvalue weighted by Gasteiger charge is 2.02. The van der Waals surface area contributed by atoms with E-state index in [1.54, 1.807) is 7.11 Å². The quantitative estimate of drug-likeness (QED) is 0.390. The van der Waals surface area contributed by atoms with Crippen LogP contribution in [0.25, 0.3) is 0 Å². The van der Waals surface area contributed by atoms with Gasteiger partial charge in [0, 0.05) is 22.6 Å². The monoisotopic (exact) mass is 450 g/mol. The number of rotatable bonds is 2. The molecule has 0 atom stereocenters. The van der Waals surface area contributed by atoms with Crippen molar-refractivity contribution >= 4 is 0 Å². The summed E-state index contributed by atoms with van der Waals surface area (Å²) in [5, 5.41) is 20.6. The Hall–Kier alpha value is -2.57. The van der Waals surface area contributed by atoms with Crippen LogP contribution in [0.2, 0.25) is 0 Å². The SMILES string of the molecule is CC.CC.CC.CCc1n[nH]c(C)c1C.COc1n[nH]c(C)c1C.Cc1n[nH]c(C)c1C. The van der Waals surface area contributed by atoms with Gasteiger partial charge in [0.25, 0.3) is 0 Å². The molecule has 7 heteroatoms. The Bertz CT molecular complexity index is 749. The van der Waals surface area contributed by atoms with Crippen molar-refractivity contribution in [3.05, 3.63) is 45.2 Å². The van der Waals surface area contributed by atoms with Crippen molar-refractivity contribution in [3.63, 3.8) is 0 Å². The summed E-state index contributed by atoms with van der Waals surface area (Å²) in [5.74, 6) is 0.688. The molecule has 0 spiro atoms. The molecule has 3 N–H and O–H groups in total. The van der Waals surface area contributed by atoms with Gasteiger partial charge in [-0.15, -0.1) is 5.10 Å². The largest absolute Gasteiger partial charge is 0.480 e. The van der Waals surface area contributed by atoms with Gasteiger partial charge < -0.3 is 4.74 Å². The Morgan fingerprint density at radius 3 is 1.16 bits per heavy atom. The summed E-state index contributed by atoms with van der Waals surface area (Å²) in [6, 6.07) is 0. The summed E-state index contributed by atoms with van der Waals surface area (Å²) in [6.45, 7) is 28.3. The number of hydrogen-bond donors (Lipinski definition) is 3. The van der Waals surface area contributed by atoms with Gasteiger partial charge in [0.2, 0.25) is 5.88 Å². The van der Waals surface area contributed by atoms with Crippen LogP contribution >= 0.6 is 0 Å². The average molecular weight is 451 g/mol. The number of ether oxygens (including phenoxy) is 1. The zero-order valence-corrected chi connectivity index (χ0v) is 23.5. The van der Waals surface area contributed by atoms with Gasteiger partial charge in [-0.25, -0.2) is 0 Å². The van der Waals surface area contributed by atoms with Crippen molar-refractivity contribution < 1.29 is 4.74 Å². The van der Waals surface area contributed by atoms with E-state index in [0.29, 0.717) is 5.88 Å². The highest BCUT2D eigenvalue weighted by molar-refractivity contribution is 5.27. The van der Waals surface area contributed by atoms with E-state index in [1.165, 1.54) is 28.2 Å². The number of aryl methyl sites for hydroxylation is 5. The minimum Gasteiger partial charge on any atom is -0.480 e. The standard InChI is InChI=1S/C7H12N2.C6H10N2O.C6H10N2.3C2H6/c1-4-7-5(2)6(3)8-9-7;1-4-5(2)7-8-6(4)9-3;1-4-5(2)7-8-6(4)3;3*1-2/h4H2,1-3H3,(H,8,9);1-3H3,(H,7,8);1-3H3,(H,7,8);3*1-2H3. The molecule has 7 nitrogen and oxygen atoms in total. The fourth-order valence-corrected chi connectivity index (χ4v) is 2.15. The first-order chi connectivity index (χ1) is 15.2. The van der Waals surface area contributed by atoms with Crippen molar-refractivity contribution in [1.29, 1.82) is 0 Å². The third-order valence-corrected chi connectivity index (χ3v) is 4.59. The summed E-state index contributed by atoms with van der Waals surface area (Å²) in [6.07, 6.45) is 1.02. The van der Waals surface area contributed by atoms with Crippen LogP contribution < -0.4 is 4.74 Å². The highest BCUT2D eigenvalue weighted by Crippen LogP contribution is 2.14. The Balaban J connectivity index is -0.000000353. The van der Waals surface area contributed by atoms with Gasteiger partial charge in [-0.3, -0.25) is 15.3 Å². The summed E-state index contributed by atoms with van der Waals surface area (Å²) >= 11 is 0. The van der Waals surface area contributed by atoms with Crippen LogP contribution in [0, 0.1) is 48.5 Å². The third-order valence-electron chi connectivity index (χ3n) is 4.59. The number of methoxy groups -OCH3 is 1. The molecule has 186 valence electrons. The normalized spacial score (nSPS) is 8.59. The maximum absolute atomic E-state index is 4.92. The van der Waals surface area contributed by atoms with Gasteiger partial charge in [-0.05, 0) is 66.0 Å². The van der Waals surface area contributed by atoms with Crippen LogP contribution in [-0.4, -0.2) is 37.7 Å². The molecule has 3 heterocycles. The fraction of sp³-hybridized carbons (Fsp3) is 0.640. The van der Waals surface area contributed by atoms with E-state index in [9.17, 15) is 0 Å². The number of nitrogens with zero attached hydrogens (tertiary/aromatic N) is 3. The van der Waals surface area contributed by atoms with Crippen LogP contribution in [0.5, 0.6) is 5.88 Å². The second-order valence-electron chi connectivity index (χ2n) is 6.32. The maximum atomic E-state index is 4.92. The van der Waals surface area contributed by atoms with Gasteiger partial charge in [0.05, 0.1) is 18.5 Å². The molecule has 32 heavy (non-hydrogen) atoms. The van der Waals surface area contributed by atoms with Gasteiger partial charge >= 0.3 is 0 Å². The fourth-order valence-electron chi connectivity index (χ4n) is 2.15. The first kappa shape index (κ1) is 34.1. The molecule has 0 aliphatic heterocycles. The second-order valence-corrected chi connectivity index (χ2v) is 6.32. The third kappa shape index (κ3) is 11.7. The van der Waals surface area contributed by atoms with E-state index >= 15 is 0 Å². The van der Waals surface area contributed by atoms with Crippen molar-refractivity contribution in [2.45, 2.75) is 103 Å². The molecule has 0 aromatic carbocycles. The maximum Gasteiger partial charge on any atom is 0.235 e. The molecule has 0 saturated heterocycles. The zero-order valence-electron chi connectivity index (χ0n) is 23.5. The molecule has 0 amide bonds. The number of hydrogen-bond acceptors (Lipinski definition) is 4. The molecule has 3 aromatic heterocycles. The molecule has 3 rings (SSSR count). The minimum atomic E-state index is 0.688.